The Kier molecular flexibility index (Phi) is 5.40. The van der Waals surface area contributed by atoms with Crippen molar-refractivity contribution < 1.29 is 4.79 Å². The van der Waals surface area contributed by atoms with Gasteiger partial charge in [-0.25, -0.2) is 4.68 Å². The Labute approximate surface area is 179 Å². The van der Waals surface area contributed by atoms with Crippen LogP contribution in [0.15, 0.2) is 53.9 Å². The number of rotatable bonds is 5. The van der Waals surface area contributed by atoms with Crippen LogP contribution >= 0.6 is 35.0 Å². The molecule has 0 spiro atoms. The van der Waals surface area contributed by atoms with Gasteiger partial charge in [-0.15, -0.1) is 10.2 Å². The lowest BCUT2D eigenvalue weighted by atomic mass is 10.3. The lowest BCUT2D eigenvalue weighted by Gasteiger charge is -2.09. The summed E-state index contributed by atoms with van der Waals surface area (Å²) in [6.45, 7) is 0. The number of halogens is 2. The first-order valence-corrected chi connectivity index (χ1v) is 9.97. The molecular weight excluding hydrogens is 433 g/mol. The van der Waals surface area contributed by atoms with Gasteiger partial charge in [0.25, 0.3) is 0 Å². The minimum Gasteiger partial charge on any atom is -0.309 e. The smallest absolute Gasteiger partial charge is 0.236 e. The molecule has 0 atom stereocenters. The molecule has 11 heteroatoms. The van der Waals surface area contributed by atoms with Crippen LogP contribution in [-0.4, -0.2) is 36.0 Å². The zero-order valence-electron chi connectivity index (χ0n) is 14.6. The molecule has 4 aromatic rings. The van der Waals surface area contributed by atoms with Crippen LogP contribution in [-0.2, 0) is 4.79 Å². The quantitative estimate of drug-likeness (QED) is 0.470. The van der Waals surface area contributed by atoms with Crippen LogP contribution in [0.4, 0.5) is 5.82 Å². The molecule has 0 aliphatic carbocycles. The Hall–Kier alpha value is -3.06. The number of para-hydroxylation sites is 1. The molecule has 0 saturated heterocycles. The summed E-state index contributed by atoms with van der Waals surface area (Å²) in [7, 11) is 0. The molecule has 0 aliphatic rings. The number of thioether (sulfide) groups is 1. The van der Waals surface area contributed by atoms with Gasteiger partial charge in [0.2, 0.25) is 5.91 Å². The van der Waals surface area contributed by atoms with E-state index in [0.29, 0.717) is 26.7 Å². The SMILES string of the molecule is N#Cc1cnn(-c2ccccc2)c1NC(=O)CSc1nnc2c(Cl)cc(Cl)cn12. The summed E-state index contributed by atoms with van der Waals surface area (Å²) in [5.41, 5.74) is 1.44. The first kappa shape index (κ1) is 19.3. The predicted octanol–water partition coefficient (Wildman–Crippen LogP) is 3.82. The normalized spacial score (nSPS) is 10.8. The van der Waals surface area contributed by atoms with E-state index in [1.165, 1.54) is 22.6 Å². The van der Waals surface area contributed by atoms with Gasteiger partial charge in [0.1, 0.15) is 11.6 Å². The van der Waals surface area contributed by atoms with Crippen molar-refractivity contribution in [1.82, 2.24) is 24.4 Å². The number of benzene rings is 1. The van der Waals surface area contributed by atoms with Crippen molar-refractivity contribution in [2.75, 3.05) is 11.1 Å². The number of pyridine rings is 1. The van der Waals surface area contributed by atoms with Crippen molar-refractivity contribution in [3.8, 4) is 11.8 Å². The fourth-order valence-electron chi connectivity index (χ4n) is 2.61. The fraction of sp³-hybridized carbons (Fsp3) is 0.0556. The van der Waals surface area contributed by atoms with Crippen molar-refractivity contribution in [3.63, 3.8) is 0 Å². The highest BCUT2D eigenvalue weighted by Gasteiger charge is 2.17. The molecule has 1 amide bonds. The molecule has 0 aliphatic heterocycles. The third-order valence-corrected chi connectivity index (χ3v) is 5.30. The number of amides is 1. The van der Waals surface area contributed by atoms with Crippen molar-refractivity contribution in [2.24, 2.45) is 0 Å². The molecule has 0 fully saturated rings. The van der Waals surface area contributed by atoms with Gasteiger partial charge in [-0.3, -0.25) is 9.20 Å². The highest BCUT2D eigenvalue weighted by atomic mass is 35.5. The fourth-order valence-corrected chi connectivity index (χ4v) is 3.83. The molecule has 8 nitrogen and oxygen atoms in total. The average Bonchev–Trinajstić information content (AvgIpc) is 3.31. The lowest BCUT2D eigenvalue weighted by Crippen LogP contribution is -2.18. The molecule has 0 unspecified atom stereocenters. The molecule has 4 rings (SSSR count). The van der Waals surface area contributed by atoms with Gasteiger partial charge in [-0.2, -0.15) is 10.4 Å². The van der Waals surface area contributed by atoms with Crippen LogP contribution in [0.2, 0.25) is 10.0 Å². The van der Waals surface area contributed by atoms with Crippen LogP contribution in [0.5, 0.6) is 0 Å². The number of carbonyl (C=O) groups excluding carboxylic acids is 1. The number of nitriles is 1. The highest BCUT2D eigenvalue weighted by molar-refractivity contribution is 7.99. The Morgan fingerprint density at radius 3 is 2.79 bits per heavy atom. The summed E-state index contributed by atoms with van der Waals surface area (Å²) >= 11 is 13.3. The van der Waals surface area contributed by atoms with Gasteiger partial charge in [-0.1, -0.05) is 53.2 Å². The maximum absolute atomic E-state index is 12.5. The number of anilines is 1. The Balaban J connectivity index is 1.53. The van der Waals surface area contributed by atoms with E-state index < -0.39 is 0 Å². The number of fused-ring (bicyclic) bond motifs is 1. The van der Waals surface area contributed by atoms with Crippen molar-refractivity contribution in [3.05, 3.63) is 64.4 Å². The largest absolute Gasteiger partial charge is 0.309 e. The Morgan fingerprint density at radius 1 is 1.24 bits per heavy atom. The van der Waals surface area contributed by atoms with Gasteiger partial charge in [0.05, 0.1) is 27.7 Å². The molecule has 0 radical (unpaired) electrons. The first-order chi connectivity index (χ1) is 14.1. The van der Waals surface area contributed by atoms with Gasteiger partial charge < -0.3 is 5.32 Å². The molecule has 3 heterocycles. The molecule has 1 N–H and O–H groups in total. The van der Waals surface area contributed by atoms with E-state index in [1.807, 2.05) is 36.4 Å². The molecule has 0 bridgehead atoms. The van der Waals surface area contributed by atoms with E-state index in [9.17, 15) is 10.1 Å². The highest BCUT2D eigenvalue weighted by Crippen LogP contribution is 2.26. The minimum absolute atomic E-state index is 0.0375. The number of nitrogens with one attached hydrogen (secondary N) is 1. The van der Waals surface area contributed by atoms with Gasteiger partial charge in [-0.05, 0) is 18.2 Å². The second kappa shape index (κ2) is 8.13. The Bertz CT molecular complexity index is 1250. The van der Waals surface area contributed by atoms with Gasteiger partial charge in [0, 0.05) is 6.20 Å². The molecular formula is C18H11Cl2N7OS. The number of hydrogen-bond acceptors (Lipinski definition) is 6. The monoisotopic (exact) mass is 443 g/mol. The summed E-state index contributed by atoms with van der Waals surface area (Å²) in [5, 5.41) is 25.6. The molecule has 0 saturated carbocycles. The van der Waals surface area contributed by atoms with Crippen molar-refractivity contribution in [1.29, 1.82) is 5.26 Å². The lowest BCUT2D eigenvalue weighted by molar-refractivity contribution is -0.113. The van der Waals surface area contributed by atoms with Crippen molar-refractivity contribution in [2.45, 2.75) is 5.16 Å². The van der Waals surface area contributed by atoms with Crippen LogP contribution in [0.25, 0.3) is 11.3 Å². The maximum atomic E-state index is 12.5. The van der Waals surface area contributed by atoms with Gasteiger partial charge in [0.15, 0.2) is 16.6 Å². The molecule has 29 heavy (non-hydrogen) atoms. The summed E-state index contributed by atoms with van der Waals surface area (Å²) in [6, 6.07) is 12.8. The topological polar surface area (TPSA) is 101 Å². The minimum atomic E-state index is -0.325. The van der Waals surface area contributed by atoms with E-state index in [4.69, 9.17) is 23.2 Å². The predicted molar refractivity (Wildman–Crippen MR) is 111 cm³/mol. The first-order valence-electron chi connectivity index (χ1n) is 8.23. The van der Waals surface area contributed by atoms with E-state index in [-0.39, 0.29) is 17.2 Å². The van der Waals surface area contributed by atoms with Crippen LogP contribution in [0, 0.1) is 11.3 Å². The third-order valence-electron chi connectivity index (χ3n) is 3.88. The van der Waals surface area contributed by atoms with Crippen LogP contribution in [0.1, 0.15) is 5.56 Å². The molecule has 3 aromatic heterocycles. The third kappa shape index (κ3) is 3.91. The number of hydrogen-bond donors (Lipinski definition) is 1. The van der Waals surface area contributed by atoms with E-state index in [2.05, 4.69) is 20.6 Å². The average molecular weight is 444 g/mol. The number of aromatic nitrogens is 5. The second-order valence-electron chi connectivity index (χ2n) is 5.79. The number of nitrogens with zero attached hydrogens (tertiary/aromatic N) is 6. The van der Waals surface area contributed by atoms with E-state index in [1.54, 1.807) is 16.7 Å². The van der Waals surface area contributed by atoms with Gasteiger partial charge >= 0.3 is 0 Å². The van der Waals surface area contributed by atoms with Crippen molar-refractivity contribution >= 4 is 52.3 Å². The maximum Gasteiger partial charge on any atom is 0.236 e. The van der Waals surface area contributed by atoms with Crippen LogP contribution < -0.4 is 5.32 Å². The van der Waals surface area contributed by atoms with E-state index in [0.717, 1.165) is 5.69 Å². The molecule has 144 valence electrons. The summed E-state index contributed by atoms with van der Waals surface area (Å²) in [4.78, 5) is 12.5. The van der Waals surface area contributed by atoms with E-state index >= 15 is 0 Å². The van der Waals surface area contributed by atoms with Crippen LogP contribution in [0.3, 0.4) is 0 Å². The summed E-state index contributed by atoms with van der Waals surface area (Å²) in [5.74, 6) is 0.0195. The molecule has 1 aromatic carbocycles. The standard InChI is InChI=1S/C18H11Cl2N7OS/c19-12-6-14(20)17-24-25-18(26(17)9-12)29-10-15(28)23-16-11(7-21)8-22-27(16)13-4-2-1-3-5-13/h1-6,8-9H,10H2,(H,23,28). The number of carbonyl (C=O) groups is 1. The summed E-state index contributed by atoms with van der Waals surface area (Å²) in [6.07, 6.45) is 3.03. The Morgan fingerprint density at radius 2 is 2.03 bits per heavy atom. The zero-order chi connectivity index (χ0) is 20.4. The second-order valence-corrected chi connectivity index (χ2v) is 7.57. The summed E-state index contributed by atoms with van der Waals surface area (Å²) < 4.78 is 3.13. The zero-order valence-corrected chi connectivity index (χ0v) is 16.9.